The van der Waals surface area contributed by atoms with Crippen LogP contribution in [0.25, 0.3) is 33.4 Å². The molecule has 0 bridgehead atoms. The third-order valence-electron chi connectivity index (χ3n) is 7.16. The summed E-state index contributed by atoms with van der Waals surface area (Å²) in [5.41, 5.74) is 3.77. The average Bonchev–Trinajstić information content (AvgIpc) is 2.99. The maximum Gasteiger partial charge on any atom is 0.167 e. The molecular formula is C36H40F2O2. The van der Waals surface area contributed by atoms with Crippen LogP contribution in [0.1, 0.15) is 65.2 Å². The van der Waals surface area contributed by atoms with Gasteiger partial charge in [0.1, 0.15) is 11.5 Å². The molecule has 4 heteroatoms. The highest BCUT2D eigenvalue weighted by Gasteiger charge is 2.16. The van der Waals surface area contributed by atoms with Gasteiger partial charge in [0.25, 0.3) is 0 Å². The molecule has 4 rings (SSSR count). The Morgan fingerprint density at radius 1 is 0.425 bits per heavy atom. The highest BCUT2D eigenvalue weighted by Crippen LogP contribution is 2.33. The third kappa shape index (κ3) is 7.94. The van der Waals surface area contributed by atoms with Gasteiger partial charge < -0.3 is 9.47 Å². The summed E-state index contributed by atoms with van der Waals surface area (Å²) in [5, 5.41) is 0. The lowest BCUT2D eigenvalue weighted by Gasteiger charge is -2.11. The average molecular weight is 543 g/mol. The second-order valence-electron chi connectivity index (χ2n) is 10.2. The number of halogens is 2. The van der Waals surface area contributed by atoms with E-state index in [-0.39, 0.29) is 11.1 Å². The van der Waals surface area contributed by atoms with Gasteiger partial charge in [-0.2, -0.15) is 0 Å². The van der Waals surface area contributed by atoms with Crippen LogP contribution in [0.2, 0.25) is 0 Å². The zero-order valence-electron chi connectivity index (χ0n) is 23.7. The van der Waals surface area contributed by atoms with Crippen LogP contribution in [0.4, 0.5) is 8.78 Å². The normalized spacial score (nSPS) is 11.0. The number of ether oxygens (including phenoxy) is 2. The predicted octanol–water partition coefficient (Wildman–Crippen LogP) is 10.9. The van der Waals surface area contributed by atoms with E-state index >= 15 is 8.78 Å². The van der Waals surface area contributed by atoms with Gasteiger partial charge in [0.2, 0.25) is 0 Å². The molecule has 4 aromatic rings. The molecule has 0 saturated heterocycles. The van der Waals surface area contributed by atoms with Crippen LogP contribution in [0.15, 0.2) is 84.9 Å². The molecule has 0 amide bonds. The van der Waals surface area contributed by atoms with E-state index < -0.39 is 11.6 Å². The molecule has 2 nitrogen and oxygen atoms in total. The first kappa shape index (κ1) is 29.3. The number of unbranched alkanes of at least 4 members (excludes halogenated alkanes) is 6. The maximum absolute atomic E-state index is 15.2. The zero-order chi connectivity index (χ0) is 28.2. The van der Waals surface area contributed by atoms with Gasteiger partial charge in [-0.25, -0.2) is 8.78 Å². The molecule has 0 unspecified atom stereocenters. The van der Waals surface area contributed by atoms with E-state index in [0.29, 0.717) is 17.7 Å². The van der Waals surface area contributed by atoms with Crippen molar-refractivity contribution >= 4 is 0 Å². The number of hydrogen-bond acceptors (Lipinski definition) is 2. The second kappa shape index (κ2) is 15.2. The summed E-state index contributed by atoms with van der Waals surface area (Å²) in [7, 11) is 0. The maximum atomic E-state index is 15.2. The standard InChI is InChI=1S/C36H40F2O2/c1-3-5-7-8-10-26-40-31-19-15-28(16-20-31)27-11-13-29(14-12-27)33-23-24-34(36(38)35(33)37)30-17-21-32(22-18-30)39-25-9-6-4-2/h11-24H,3-10,25-26H2,1-2H3. The van der Waals surface area contributed by atoms with Gasteiger partial charge in [0.15, 0.2) is 11.6 Å². The van der Waals surface area contributed by atoms with E-state index in [1.165, 1.54) is 25.7 Å². The van der Waals surface area contributed by atoms with Gasteiger partial charge in [0.05, 0.1) is 13.2 Å². The second-order valence-corrected chi connectivity index (χ2v) is 10.2. The Hall–Kier alpha value is -3.66. The number of rotatable bonds is 15. The van der Waals surface area contributed by atoms with Crippen LogP contribution in [-0.2, 0) is 0 Å². The molecule has 0 atom stereocenters. The van der Waals surface area contributed by atoms with Gasteiger partial charge in [0, 0.05) is 11.1 Å². The molecule has 0 spiro atoms. The van der Waals surface area contributed by atoms with E-state index in [2.05, 4.69) is 13.8 Å². The molecule has 40 heavy (non-hydrogen) atoms. The lowest BCUT2D eigenvalue weighted by Crippen LogP contribution is -1.97. The lowest BCUT2D eigenvalue weighted by atomic mass is 9.97. The Bertz CT molecular complexity index is 1310. The lowest BCUT2D eigenvalue weighted by molar-refractivity contribution is 0.304. The molecule has 0 fully saturated rings. The Morgan fingerprint density at radius 2 is 0.775 bits per heavy atom. The Labute approximate surface area is 238 Å². The van der Waals surface area contributed by atoms with E-state index in [9.17, 15) is 0 Å². The SMILES string of the molecule is CCCCCCCOc1ccc(-c2ccc(-c3ccc(-c4ccc(OCCCCC)cc4)c(F)c3F)cc2)cc1. The van der Waals surface area contributed by atoms with E-state index in [4.69, 9.17) is 9.47 Å². The van der Waals surface area contributed by atoms with Gasteiger partial charge in [-0.15, -0.1) is 0 Å². The fraction of sp³-hybridized carbons (Fsp3) is 0.333. The highest BCUT2D eigenvalue weighted by atomic mass is 19.2. The first-order chi connectivity index (χ1) is 19.6. The van der Waals surface area contributed by atoms with Crippen molar-refractivity contribution in [1.82, 2.24) is 0 Å². The Balaban J connectivity index is 1.39. The fourth-order valence-electron chi connectivity index (χ4n) is 4.75. The number of benzene rings is 4. The van der Waals surface area contributed by atoms with Crippen molar-refractivity contribution in [3.05, 3.63) is 96.6 Å². The molecule has 0 aliphatic carbocycles. The molecule has 0 aromatic heterocycles. The van der Waals surface area contributed by atoms with Crippen molar-refractivity contribution in [2.24, 2.45) is 0 Å². The Morgan fingerprint density at radius 3 is 1.25 bits per heavy atom. The minimum atomic E-state index is -0.848. The Kier molecular flexibility index (Phi) is 11.2. The molecule has 210 valence electrons. The van der Waals surface area contributed by atoms with Crippen LogP contribution < -0.4 is 9.47 Å². The summed E-state index contributed by atoms with van der Waals surface area (Å²) < 4.78 is 41.9. The smallest absolute Gasteiger partial charge is 0.167 e. The summed E-state index contributed by atoms with van der Waals surface area (Å²) in [6.07, 6.45) is 9.32. The summed E-state index contributed by atoms with van der Waals surface area (Å²) in [5.74, 6) is -0.0967. The van der Waals surface area contributed by atoms with Crippen LogP contribution in [0.5, 0.6) is 11.5 Å². The van der Waals surface area contributed by atoms with Gasteiger partial charge in [-0.3, -0.25) is 0 Å². The molecule has 0 heterocycles. The molecule has 0 N–H and O–H groups in total. The van der Waals surface area contributed by atoms with Gasteiger partial charge in [-0.05, 0) is 59.4 Å². The fourth-order valence-corrected chi connectivity index (χ4v) is 4.75. The molecule has 0 aliphatic heterocycles. The predicted molar refractivity (Wildman–Crippen MR) is 162 cm³/mol. The van der Waals surface area contributed by atoms with Crippen molar-refractivity contribution < 1.29 is 18.3 Å². The molecule has 0 saturated carbocycles. The van der Waals surface area contributed by atoms with Crippen LogP contribution in [0.3, 0.4) is 0 Å². The minimum Gasteiger partial charge on any atom is -0.494 e. The molecular weight excluding hydrogens is 502 g/mol. The minimum absolute atomic E-state index is 0.235. The van der Waals surface area contributed by atoms with Crippen LogP contribution in [-0.4, -0.2) is 13.2 Å². The number of hydrogen-bond donors (Lipinski definition) is 0. The van der Waals surface area contributed by atoms with Gasteiger partial charge in [-0.1, -0.05) is 113 Å². The van der Waals surface area contributed by atoms with E-state index in [1.54, 1.807) is 36.4 Å². The van der Waals surface area contributed by atoms with Crippen molar-refractivity contribution in [2.75, 3.05) is 13.2 Å². The third-order valence-corrected chi connectivity index (χ3v) is 7.16. The largest absolute Gasteiger partial charge is 0.494 e. The highest BCUT2D eigenvalue weighted by molar-refractivity contribution is 5.74. The summed E-state index contributed by atoms with van der Waals surface area (Å²) >= 11 is 0. The summed E-state index contributed by atoms with van der Waals surface area (Å²) in [6, 6.07) is 26.0. The topological polar surface area (TPSA) is 18.5 Å². The van der Waals surface area contributed by atoms with E-state index in [0.717, 1.165) is 54.9 Å². The van der Waals surface area contributed by atoms with Crippen molar-refractivity contribution in [2.45, 2.75) is 65.2 Å². The molecule has 0 aliphatic rings. The summed E-state index contributed by atoms with van der Waals surface area (Å²) in [4.78, 5) is 0. The van der Waals surface area contributed by atoms with Crippen LogP contribution >= 0.6 is 0 Å². The molecule has 0 radical (unpaired) electrons. The van der Waals surface area contributed by atoms with Crippen molar-refractivity contribution in [1.29, 1.82) is 0 Å². The zero-order valence-corrected chi connectivity index (χ0v) is 23.7. The molecule has 4 aromatic carbocycles. The summed E-state index contributed by atoms with van der Waals surface area (Å²) in [6.45, 7) is 5.75. The first-order valence-electron chi connectivity index (χ1n) is 14.7. The van der Waals surface area contributed by atoms with Gasteiger partial charge >= 0.3 is 0 Å². The quantitative estimate of drug-likeness (QED) is 0.139. The van der Waals surface area contributed by atoms with Crippen LogP contribution in [0, 0.1) is 11.6 Å². The van der Waals surface area contributed by atoms with Crippen molar-refractivity contribution in [3.8, 4) is 44.9 Å². The monoisotopic (exact) mass is 542 g/mol. The first-order valence-corrected chi connectivity index (χ1v) is 14.7. The van der Waals surface area contributed by atoms with Crippen molar-refractivity contribution in [3.63, 3.8) is 0 Å². The van der Waals surface area contributed by atoms with E-state index in [1.807, 2.05) is 48.5 Å².